The van der Waals surface area contributed by atoms with Crippen molar-refractivity contribution in [2.75, 3.05) is 5.43 Å². The maximum absolute atomic E-state index is 5.43. The van der Waals surface area contributed by atoms with Crippen LogP contribution < -0.4 is 11.3 Å². The number of rotatable bonds is 1. The van der Waals surface area contributed by atoms with Crippen LogP contribution in [-0.4, -0.2) is 4.98 Å². The third-order valence-corrected chi connectivity index (χ3v) is 2.51. The van der Waals surface area contributed by atoms with Gasteiger partial charge in [-0.05, 0) is 43.2 Å². The molecule has 80 valence electrons. The molecule has 3 nitrogen and oxygen atoms in total. The van der Waals surface area contributed by atoms with Crippen LogP contribution in [0.2, 0.25) is 0 Å². The van der Waals surface area contributed by atoms with Crippen LogP contribution in [0.4, 0.5) is 5.69 Å². The highest BCUT2D eigenvalue weighted by Gasteiger charge is 2.02. The molecule has 0 bridgehead atoms. The summed E-state index contributed by atoms with van der Waals surface area (Å²) in [5, 5.41) is 1.07. The van der Waals surface area contributed by atoms with Crippen molar-refractivity contribution in [3.05, 3.63) is 35.5 Å². The Kier molecular flexibility index (Phi) is 3.50. The summed E-state index contributed by atoms with van der Waals surface area (Å²) in [7, 11) is 0. The van der Waals surface area contributed by atoms with Crippen molar-refractivity contribution in [3.63, 3.8) is 0 Å². The highest BCUT2D eigenvalue weighted by Crippen LogP contribution is 2.23. The molecule has 0 aliphatic carbocycles. The molecule has 1 heterocycles. The van der Waals surface area contributed by atoms with E-state index in [1.54, 1.807) is 6.20 Å². The second-order valence-electron chi connectivity index (χ2n) is 3.46. The first kappa shape index (κ1) is 11.8. The lowest BCUT2D eigenvalue weighted by atomic mass is 10.1. The molecule has 2 rings (SSSR count). The SMILES string of the molecule is Cc1cc2nccc(NN)c2cc1C.Cl. The van der Waals surface area contributed by atoms with Gasteiger partial charge >= 0.3 is 0 Å². The zero-order chi connectivity index (χ0) is 10.1. The highest BCUT2D eigenvalue weighted by atomic mass is 35.5. The van der Waals surface area contributed by atoms with Crippen LogP contribution >= 0.6 is 12.4 Å². The van der Waals surface area contributed by atoms with Crippen molar-refractivity contribution in [3.8, 4) is 0 Å². The molecule has 15 heavy (non-hydrogen) atoms. The smallest absolute Gasteiger partial charge is 0.0726 e. The Morgan fingerprint density at radius 2 is 1.87 bits per heavy atom. The quantitative estimate of drug-likeness (QED) is 0.577. The number of anilines is 1. The molecule has 0 saturated carbocycles. The van der Waals surface area contributed by atoms with Crippen LogP contribution in [0.3, 0.4) is 0 Å². The van der Waals surface area contributed by atoms with Crippen LogP contribution in [-0.2, 0) is 0 Å². The zero-order valence-corrected chi connectivity index (χ0v) is 9.56. The molecule has 1 aromatic carbocycles. The summed E-state index contributed by atoms with van der Waals surface area (Å²) < 4.78 is 0. The highest BCUT2D eigenvalue weighted by molar-refractivity contribution is 5.91. The largest absolute Gasteiger partial charge is 0.323 e. The van der Waals surface area contributed by atoms with Gasteiger partial charge in [0.05, 0.1) is 11.2 Å². The Morgan fingerprint density at radius 3 is 2.53 bits per heavy atom. The fourth-order valence-electron chi connectivity index (χ4n) is 1.53. The molecule has 0 radical (unpaired) electrons. The Balaban J connectivity index is 0.00000112. The summed E-state index contributed by atoms with van der Waals surface area (Å²) >= 11 is 0. The second kappa shape index (κ2) is 4.47. The maximum Gasteiger partial charge on any atom is 0.0726 e. The van der Waals surface area contributed by atoms with Crippen molar-refractivity contribution in [1.29, 1.82) is 0 Å². The van der Waals surface area contributed by atoms with Crippen LogP contribution in [0.1, 0.15) is 11.1 Å². The second-order valence-corrected chi connectivity index (χ2v) is 3.46. The van der Waals surface area contributed by atoms with Crippen LogP contribution in [0.5, 0.6) is 0 Å². The van der Waals surface area contributed by atoms with Gasteiger partial charge < -0.3 is 5.43 Å². The summed E-state index contributed by atoms with van der Waals surface area (Å²) in [5.74, 6) is 5.43. The minimum absolute atomic E-state index is 0. The molecule has 0 aliphatic rings. The Morgan fingerprint density at radius 1 is 1.20 bits per heavy atom. The van der Waals surface area contributed by atoms with Gasteiger partial charge in [0, 0.05) is 11.6 Å². The van der Waals surface area contributed by atoms with Gasteiger partial charge in [0.2, 0.25) is 0 Å². The topological polar surface area (TPSA) is 50.9 Å². The molecule has 0 saturated heterocycles. The van der Waals surface area contributed by atoms with Crippen molar-refractivity contribution in [2.24, 2.45) is 5.84 Å². The molecule has 2 aromatic rings. The summed E-state index contributed by atoms with van der Waals surface area (Å²) in [5.41, 5.74) is 7.07. The van der Waals surface area contributed by atoms with Gasteiger partial charge in [0.15, 0.2) is 0 Å². The number of nitrogens with two attached hydrogens (primary N) is 1. The fourth-order valence-corrected chi connectivity index (χ4v) is 1.53. The van der Waals surface area contributed by atoms with Gasteiger partial charge in [0.1, 0.15) is 0 Å². The average molecular weight is 224 g/mol. The lowest BCUT2D eigenvalue weighted by molar-refractivity contribution is 1.30. The number of aryl methyl sites for hydroxylation is 2. The lowest BCUT2D eigenvalue weighted by Gasteiger charge is -2.07. The number of nitrogen functional groups attached to an aromatic ring is 1. The zero-order valence-electron chi connectivity index (χ0n) is 8.74. The first-order chi connectivity index (χ1) is 6.72. The van der Waals surface area contributed by atoms with Gasteiger partial charge in [-0.2, -0.15) is 0 Å². The van der Waals surface area contributed by atoms with Gasteiger partial charge in [0.25, 0.3) is 0 Å². The van der Waals surface area contributed by atoms with E-state index in [0.717, 1.165) is 16.6 Å². The molecule has 0 amide bonds. The average Bonchev–Trinajstić information content (AvgIpc) is 2.19. The predicted molar refractivity (Wildman–Crippen MR) is 66.3 cm³/mol. The predicted octanol–water partition coefficient (Wildman–Crippen LogP) is 2.56. The number of hydrogen-bond acceptors (Lipinski definition) is 3. The standard InChI is InChI=1S/C11H13N3.ClH/c1-7-5-9-10(14-12)3-4-13-11(9)6-8(7)2;/h3-6H,12H2,1-2H3,(H,13,14);1H. The minimum atomic E-state index is 0. The van der Waals surface area contributed by atoms with E-state index in [1.165, 1.54) is 11.1 Å². The summed E-state index contributed by atoms with van der Waals surface area (Å²) in [4.78, 5) is 4.30. The third kappa shape index (κ3) is 2.03. The van der Waals surface area contributed by atoms with E-state index in [-0.39, 0.29) is 12.4 Å². The number of pyridine rings is 1. The van der Waals surface area contributed by atoms with E-state index < -0.39 is 0 Å². The first-order valence-corrected chi connectivity index (χ1v) is 4.55. The Hall–Kier alpha value is -1.32. The van der Waals surface area contributed by atoms with E-state index in [4.69, 9.17) is 5.84 Å². The normalized spacial score (nSPS) is 9.80. The van der Waals surface area contributed by atoms with E-state index >= 15 is 0 Å². The van der Waals surface area contributed by atoms with Gasteiger partial charge in [-0.3, -0.25) is 10.8 Å². The number of nitrogens with one attached hydrogen (secondary N) is 1. The van der Waals surface area contributed by atoms with E-state index in [0.29, 0.717) is 0 Å². The van der Waals surface area contributed by atoms with Crippen molar-refractivity contribution < 1.29 is 0 Å². The molecule has 1 aromatic heterocycles. The van der Waals surface area contributed by atoms with E-state index in [1.807, 2.05) is 6.07 Å². The molecule has 0 fully saturated rings. The molecular formula is C11H14ClN3. The number of aromatic nitrogens is 1. The molecular weight excluding hydrogens is 210 g/mol. The van der Waals surface area contributed by atoms with Crippen molar-refractivity contribution in [1.82, 2.24) is 4.98 Å². The van der Waals surface area contributed by atoms with Gasteiger partial charge in [-0.1, -0.05) is 0 Å². The summed E-state index contributed by atoms with van der Waals surface area (Å²) in [6.07, 6.45) is 1.76. The van der Waals surface area contributed by atoms with E-state index in [2.05, 4.69) is 36.4 Å². The molecule has 3 N–H and O–H groups in total. The van der Waals surface area contributed by atoms with Crippen LogP contribution in [0.25, 0.3) is 10.9 Å². The number of fused-ring (bicyclic) bond motifs is 1. The molecule has 0 spiro atoms. The number of benzene rings is 1. The first-order valence-electron chi connectivity index (χ1n) is 4.55. The minimum Gasteiger partial charge on any atom is -0.323 e. The Bertz CT molecular complexity index is 482. The number of hydrogen-bond donors (Lipinski definition) is 2. The molecule has 0 atom stereocenters. The van der Waals surface area contributed by atoms with Crippen molar-refractivity contribution >= 4 is 29.0 Å². The molecule has 0 unspecified atom stereocenters. The number of nitrogens with zero attached hydrogens (tertiary/aromatic N) is 1. The fraction of sp³-hybridized carbons (Fsp3) is 0.182. The molecule has 4 heteroatoms. The van der Waals surface area contributed by atoms with Crippen molar-refractivity contribution in [2.45, 2.75) is 13.8 Å². The van der Waals surface area contributed by atoms with Gasteiger partial charge in [-0.25, -0.2) is 0 Å². The van der Waals surface area contributed by atoms with Gasteiger partial charge in [-0.15, -0.1) is 12.4 Å². The monoisotopic (exact) mass is 223 g/mol. The van der Waals surface area contributed by atoms with Crippen LogP contribution in [0, 0.1) is 13.8 Å². The number of hydrazine groups is 1. The summed E-state index contributed by atoms with van der Waals surface area (Å²) in [6.45, 7) is 4.17. The Labute approximate surface area is 95.1 Å². The summed E-state index contributed by atoms with van der Waals surface area (Å²) in [6, 6.07) is 6.05. The number of halogens is 1. The lowest BCUT2D eigenvalue weighted by Crippen LogP contribution is -2.07. The van der Waals surface area contributed by atoms with E-state index in [9.17, 15) is 0 Å². The molecule has 0 aliphatic heterocycles. The third-order valence-electron chi connectivity index (χ3n) is 2.51. The van der Waals surface area contributed by atoms with Crippen LogP contribution in [0.15, 0.2) is 24.4 Å². The maximum atomic E-state index is 5.43.